The number of hydrogen-bond acceptors (Lipinski definition) is 6. The van der Waals surface area contributed by atoms with Crippen LogP contribution in [0.15, 0.2) is 4.52 Å². The molecule has 0 atom stereocenters. The lowest BCUT2D eigenvalue weighted by molar-refractivity contribution is 0.264. The molecule has 0 fully saturated rings. The second kappa shape index (κ2) is 2.31. The van der Waals surface area contributed by atoms with E-state index in [0.29, 0.717) is 0 Å². The zero-order chi connectivity index (χ0) is 6.69. The van der Waals surface area contributed by atoms with Gasteiger partial charge in [-0.05, 0) is 5.16 Å². The third-order valence-electron chi connectivity index (χ3n) is 0.635. The summed E-state index contributed by atoms with van der Waals surface area (Å²) >= 11 is 0. The van der Waals surface area contributed by atoms with Crippen molar-refractivity contribution >= 4 is 12.0 Å². The number of hydrogen-bond donors (Lipinski definition) is 2. The van der Waals surface area contributed by atoms with Crippen LogP contribution in [0.4, 0.5) is 12.0 Å². The quantitative estimate of drug-likeness (QED) is 0.531. The van der Waals surface area contributed by atoms with Gasteiger partial charge in [-0.1, -0.05) is 0 Å². The Hall–Kier alpha value is -1.30. The fraction of sp³-hybridized carbons (Fsp3) is 0.333. The lowest BCUT2D eigenvalue weighted by Crippen LogP contribution is -1.96. The maximum Gasteiger partial charge on any atom is 0.320 e. The van der Waals surface area contributed by atoms with Crippen LogP contribution in [-0.2, 0) is 4.84 Å². The van der Waals surface area contributed by atoms with E-state index >= 15 is 0 Å². The Balaban J connectivity index is 2.61. The number of nitrogens with zero attached hydrogens (tertiary/aromatic N) is 2. The van der Waals surface area contributed by atoms with Gasteiger partial charge in [-0.2, -0.15) is 4.98 Å². The van der Waals surface area contributed by atoms with Gasteiger partial charge in [-0.3, -0.25) is 4.84 Å². The van der Waals surface area contributed by atoms with Gasteiger partial charge in [0.1, 0.15) is 0 Å². The second-order valence-electron chi connectivity index (χ2n) is 1.26. The molecule has 1 heterocycles. The molecule has 50 valence electrons. The molecule has 6 heteroatoms. The maximum atomic E-state index is 5.07. The molecule has 0 aliphatic carbocycles. The van der Waals surface area contributed by atoms with E-state index in [9.17, 15) is 0 Å². The van der Waals surface area contributed by atoms with Crippen molar-refractivity contribution in [2.75, 3.05) is 18.3 Å². The van der Waals surface area contributed by atoms with Crippen molar-refractivity contribution in [2.45, 2.75) is 0 Å². The summed E-state index contributed by atoms with van der Waals surface area (Å²) < 4.78 is 4.39. The van der Waals surface area contributed by atoms with Crippen molar-refractivity contribution in [1.29, 1.82) is 0 Å². The molecule has 0 radical (unpaired) electrons. The van der Waals surface area contributed by atoms with E-state index in [2.05, 4.69) is 25.0 Å². The second-order valence-corrected chi connectivity index (χ2v) is 1.26. The number of rotatable bonds is 2. The van der Waals surface area contributed by atoms with Gasteiger partial charge in [-0.15, -0.1) is 0 Å². The predicted octanol–water partition coefficient (Wildman–Crippen LogP) is -0.375. The van der Waals surface area contributed by atoms with Gasteiger partial charge >= 0.3 is 6.01 Å². The number of anilines is 2. The van der Waals surface area contributed by atoms with E-state index in [-0.39, 0.29) is 12.0 Å². The summed E-state index contributed by atoms with van der Waals surface area (Å²) in [4.78, 5) is 8.01. The molecule has 1 rings (SSSR count). The summed E-state index contributed by atoms with van der Waals surface area (Å²) in [5, 5.41) is 3.36. The average molecular weight is 130 g/mol. The first kappa shape index (κ1) is 5.83. The van der Waals surface area contributed by atoms with Gasteiger partial charge in [0, 0.05) is 0 Å². The van der Waals surface area contributed by atoms with Crippen molar-refractivity contribution in [2.24, 2.45) is 0 Å². The summed E-state index contributed by atoms with van der Waals surface area (Å²) in [5.74, 6) is 0.218. The molecule has 0 aliphatic heterocycles. The molecule has 9 heavy (non-hydrogen) atoms. The maximum absolute atomic E-state index is 5.07. The highest BCUT2D eigenvalue weighted by molar-refractivity contribution is 5.23. The zero-order valence-electron chi connectivity index (χ0n) is 4.79. The molecular weight excluding hydrogens is 124 g/mol. The van der Waals surface area contributed by atoms with Crippen LogP contribution in [0.3, 0.4) is 0 Å². The lowest BCUT2D eigenvalue weighted by Gasteiger charge is -1.90. The molecule has 0 saturated carbocycles. The normalized spacial score (nSPS) is 9.44. The minimum atomic E-state index is 0.00884. The third-order valence-corrected chi connectivity index (χ3v) is 0.635. The van der Waals surface area contributed by atoms with Gasteiger partial charge in [0.05, 0.1) is 7.11 Å². The first-order chi connectivity index (χ1) is 4.33. The molecule has 3 N–H and O–H groups in total. The lowest BCUT2D eigenvalue weighted by atomic mass is 11.0. The van der Waals surface area contributed by atoms with E-state index in [1.807, 2.05) is 0 Å². The number of nitrogens with two attached hydrogens (primary N) is 1. The molecule has 6 nitrogen and oxygen atoms in total. The molecule has 0 aliphatic rings. The van der Waals surface area contributed by atoms with Gasteiger partial charge in [0.25, 0.3) is 5.95 Å². The summed E-state index contributed by atoms with van der Waals surface area (Å²) in [6.45, 7) is 0. The van der Waals surface area contributed by atoms with Crippen LogP contribution in [0.2, 0.25) is 0 Å². The topological polar surface area (TPSA) is 86.2 Å². The highest BCUT2D eigenvalue weighted by atomic mass is 16.6. The summed E-state index contributed by atoms with van der Waals surface area (Å²) in [5.41, 5.74) is 7.41. The molecular formula is C3H6N4O2. The largest absolute Gasteiger partial charge is 0.351 e. The molecule has 0 aromatic carbocycles. The van der Waals surface area contributed by atoms with Crippen molar-refractivity contribution in [3.63, 3.8) is 0 Å². The van der Waals surface area contributed by atoms with Gasteiger partial charge in [0.15, 0.2) is 0 Å². The Labute approximate surface area is 50.9 Å². The highest BCUT2D eigenvalue weighted by Crippen LogP contribution is 2.01. The highest BCUT2D eigenvalue weighted by Gasteiger charge is 1.98. The zero-order valence-corrected chi connectivity index (χ0v) is 4.79. The van der Waals surface area contributed by atoms with E-state index in [1.165, 1.54) is 7.11 Å². The van der Waals surface area contributed by atoms with Crippen molar-refractivity contribution in [3.8, 4) is 0 Å². The number of aromatic nitrogens is 2. The van der Waals surface area contributed by atoms with Crippen LogP contribution in [-0.4, -0.2) is 17.3 Å². The Morgan fingerprint density at radius 3 is 3.00 bits per heavy atom. The van der Waals surface area contributed by atoms with Crippen LogP contribution < -0.4 is 11.2 Å². The van der Waals surface area contributed by atoms with Crippen LogP contribution in [0.1, 0.15) is 0 Å². The Kier molecular flexibility index (Phi) is 1.50. The minimum Gasteiger partial charge on any atom is -0.351 e. The Bertz CT molecular complexity index is 186. The molecule has 0 spiro atoms. The molecule has 0 unspecified atom stereocenters. The standard InChI is InChI=1S/C3H6N4O2/c1-8-6-3-5-2(4)9-7-3/h1H3,(H3,4,5,6,7). The first-order valence-corrected chi connectivity index (χ1v) is 2.21. The van der Waals surface area contributed by atoms with Crippen LogP contribution in [0.5, 0.6) is 0 Å². The molecule has 1 aromatic rings. The monoisotopic (exact) mass is 130 g/mol. The van der Waals surface area contributed by atoms with Gasteiger partial charge in [-0.25, -0.2) is 5.48 Å². The average Bonchev–Trinajstić information content (AvgIpc) is 2.17. The van der Waals surface area contributed by atoms with Crippen molar-refractivity contribution < 1.29 is 9.36 Å². The smallest absolute Gasteiger partial charge is 0.320 e. The number of nitrogens with one attached hydrogen (secondary N) is 1. The van der Waals surface area contributed by atoms with E-state index in [4.69, 9.17) is 5.73 Å². The molecule has 1 aromatic heterocycles. The predicted molar refractivity (Wildman–Crippen MR) is 29.3 cm³/mol. The Morgan fingerprint density at radius 2 is 2.56 bits per heavy atom. The number of nitrogen functional groups attached to an aromatic ring is 1. The molecule has 0 amide bonds. The van der Waals surface area contributed by atoms with Crippen LogP contribution >= 0.6 is 0 Å². The molecule has 0 bridgehead atoms. The van der Waals surface area contributed by atoms with E-state index in [1.54, 1.807) is 0 Å². The van der Waals surface area contributed by atoms with Gasteiger partial charge in [0.2, 0.25) is 0 Å². The molecule has 0 saturated heterocycles. The fourth-order valence-corrected chi connectivity index (χ4v) is 0.368. The summed E-state index contributed by atoms with van der Waals surface area (Å²) in [6, 6.07) is 0.00884. The fourth-order valence-electron chi connectivity index (χ4n) is 0.368. The van der Waals surface area contributed by atoms with E-state index in [0.717, 1.165) is 0 Å². The van der Waals surface area contributed by atoms with Gasteiger partial charge < -0.3 is 10.3 Å². The first-order valence-electron chi connectivity index (χ1n) is 2.21. The SMILES string of the molecule is CONc1noc(N)n1. The van der Waals surface area contributed by atoms with Crippen molar-refractivity contribution in [1.82, 2.24) is 10.1 Å². The minimum absolute atomic E-state index is 0.00884. The van der Waals surface area contributed by atoms with Crippen LogP contribution in [0.25, 0.3) is 0 Å². The third kappa shape index (κ3) is 1.29. The summed E-state index contributed by atoms with van der Waals surface area (Å²) in [7, 11) is 1.44. The Morgan fingerprint density at radius 1 is 1.78 bits per heavy atom. The summed E-state index contributed by atoms with van der Waals surface area (Å²) in [6.07, 6.45) is 0. The van der Waals surface area contributed by atoms with Crippen LogP contribution in [0, 0.1) is 0 Å². The van der Waals surface area contributed by atoms with E-state index < -0.39 is 0 Å². The van der Waals surface area contributed by atoms with Crippen molar-refractivity contribution in [3.05, 3.63) is 0 Å².